The van der Waals surface area contributed by atoms with Gasteiger partial charge in [-0.15, -0.1) is 11.3 Å². The second-order valence-corrected chi connectivity index (χ2v) is 8.16. The van der Waals surface area contributed by atoms with Crippen LogP contribution >= 0.6 is 23.1 Å². The van der Waals surface area contributed by atoms with Crippen LogP contribution in [0.3, 0.4) is 0 Å². The lowest BCUT2D eigenvalue weighted by Gasteiger charge is -2.19. The minimum atomic E-state index is -0.456. The minimum Gasteiger partial charge on any atom is -0.444 e. The average Bonchev–Trinajstić information content (AvgIpc) is 2.87. The molecule has 0 aliphatic heterocycles. The Hall–Kier alpha value is -1.47. The Bertz CT molecular complexity index is 665. The van der Waals surface area contributed by atoms with Crippen molar-refractivity contribution in [2.45, 2.75) is 37.1 Å². The molecule has 5 nitrogen and oxygen atoms in total. The molecule has 2 aromatic rings. The number of aromatic nitrogens is 1. The van der Waals surface area contributed by atoms with Crippen LogP contribution in [0, 0.1) is 0 Å². The van der Waals surface area contributed by atoms with E-state index < -0.39 is 5.60 Å². The van der Waals surface area contributed by atoms with Gasteiger partial charge < -0.3 is 15.4 Å². The second-order valence-electron chi connectivity index (χ2n) is 6.08. The van der Waals surface area contributed by atoms with E-state index in [0.29, 0.717) is 6.54 Å². The summed E-state index contributed by atoms with van der Waals surface area (Å²) >= 11 is 3.37. The molecule has 0 aliphatic carbocycles. The molecule has 1 heterocycles. The summed E-state index contributed by atoms with van der Waals surface area (Å²) in [5, 5.41) is 6.12. The van der Waals surface area contributed by atoms with Crippen LogP contribution in [0.25, 0.3) is 10.2 Å². The summed E-state index contributed by atoms with van der Waals surface area (Å²) in [4.78, 5) is 16.0. The standard InChI is InChI=1S/C16H23N3O2S2/c1-16(2,3)21-14(20)18-9-5-8-17-11-6-7-12-13(10-11)23-15(19-12)22-4/h6-7,10,17H,5,8-9H2,1-4H3,(H,18,20). The number of hydrogen-bond donors (Lipinski definition) is 2. The smallest absolute Gasteiger partial charge is 0.407 e. The normalized spacial score (nSPS) is 11.5. The molecule has 126 valence electrons. The van der Waals surface area contributed by atoms with Crippen molar-refractivity contribution in [2.24, 2.45) is 0 Å². The van der Waals surface area contributed by atoms with Crippen LogP contribution in [0.1, 0.15) is 27.2 Å². The minimum absolute atomic E-state index is 0.367. The summed E-state index contributed by atoms with van der Waals surface area (Å²) in [6, 6.07) is 6.19. The zero-order valence-corrected chi connectivity index (χ0v) is 15.6. The third kappa shape index (κ3) is 5.91. The van der Waals surface area contributed by atoms with Gasteiger partial charge in [-0.1, -0.05) is 11.8 Å². The summed E-state index contributed by atoms with van der Waals surface area (Å²) in [6.07, 6.45) is 2.50. The number of thiazole rings is 1. The van der Waals surface area contributed by atoms with Crippen LogP contribution in [-0.4, -0.2) is 36.0 Å². The highest BCUT2D eigenvalue weighted by Gasteiger charge is 2.15. The van der Waals surface area contributed by atoms with E-state index in [-0.39, 0.29) is 6.09 Å². The highest BCUT2D eigenvalue weighted by Crippen LogP contribution is 2.29. The van der Waals surface area contributed by atoms with Crippen molar-refractivity contribution in [1.82, 2.24) is 10.3 Å². The van der Waals surface area contributed by atoms with E-state index in [1.54, 1.807) is 23.1 Å². The summed E-state index contributed by atoms with van der Waals surface area (Å²) in [5.74, 6) is 0. The topological polar surface area (TPSA) is 63.2 Å². The van der Waals surface area contributed by atoms with E-state index in [9.17, 15) is 4.79 Å². The Balaban J connectivity index is 1.73. The Morgan fingerprint density at radius 2 is 2.13 bits per heavy atom. The van der Waals surface area contributed by atoms with Crippen molar-refractivity contribution < 1.29 is 9.53 Å². The highest BCUT2D eigenvalue weighted by molar-refractivity contribution is 8.00. The monoisotopic (exact) mass is 353 g/mol. The molecule has 0 unspecified atom stereocenters. The molecule has 1 aromatic carbocycles. The molecule has 0 bridgehead atoms. The average molecular weight is 354 g/mol. The van der Waals surface area contributed by atoms with E-state index in [1.807, 2.05) is 39.2 Å². The van der Waals surface area contributed by atoms with Crippen molar-refractivity contribution in [3.63, 3.8) is 0 Å². The van der Waals surface area contributed by atoms with E-state index in [4.69, 9.17) is 4.74 Å². The predicted octanol–water partition coefficient (Wildman–Crippen LogP) is 4.34. The summed E-state index contributed by atoms with van der Waals surface area (Å²) < 4.78 is 7.45. The molecule has 0 atom stereocenters. The molecule has 0 radical (unpaired) electrons. The van der Waals surface area contributed by atoms with Crippen molar-refractivity contribution in [2.75, 3.05) is 24.7 Å². The van der Waals surface area contributed by atoms with Gasteiger partial charge in [0.25, 0.3) is 0 Å². The van der Waals surface area contributed by atoms with Gasteiger partial charge in [-0.3, -0.25) is 0 Å². The molecule has 1 amide bonds. The number of fused-ring (bicyclic) bond motifs is 1. The molecule has 0 fully saturated rings. The molecule has 0 spiro atoms. The molecular weight excluding hydrogens is 330 g/mol. The maximum Gasteiger partial charge on any atom is 0.407 e. The maximum absolute atomic E-state index is 11.5. The number of nitrogens with zero attached hydrogens (tertiary/aromatic N) is 1. The van der Waals surface area contributed by atoms with Crippen molar-refractivity contribution in [1.29, 1.82) is 0 Å². The zero-order valence-electron chi connectivity index (χ0n) is 13.9. The fourth-order valence-electron chi connectivity index (χ4n) is 1.93. The zero-order chi connectivity index (χ0) is 16.9. The van der Waals surface area contributed by atoms with E-state index >= 15 is 0 Å². The molecular formula is C16H23N3O2S2. The van der Waals surface area contributed by atoms with Gasteiger partial charge in [-0.25, -0.2) is 9.78 Å². The van der Waals surface area contributed by atoms with Gasteiger partial charge in [-0.05, 0) is 51.6 Å². The molecule has 23 heavy (non-hydrogen) atoms. The largest absolute Gasteiger partial charge is 0.444 e. The number of carbonyl (C=O) groups excluding carboxylic acids is 1. The fourth-order valence-corrected chi connectivity index (χ4v) is 3.46. The van der Waals surface area contributed by atoms with E-state index in [1.165, 1.54) is 4.70 Å². The van der Waals surface area contributed by atoms with Crippen LogP contribution in [0.2, 0.25) is 0 Å². The first kappa shape index (κ1) is 17.9. The summed E-state index contributed by atoms with van der Waals surface area (Å²) in [7, 11) is 0. The maximum atomic E-state index is 11.5. The first-order valence-corrected chi connectivity index (χ1v) is 9.57. The first-order valence-electron chi connectivity index (χ1n) is 7.53. The lowest BCUT2D eigenvalue weighted by Crippen LogP contribution is -2.33. The summed E-state index contributed by atoms with van der Waals surface area (Å²) in [5.41, 5.74) is 1.66. The Kier molecular flexibility index (Phi) is 6.12. The van der Waals surface area contributed by atoms with Crippen LogP contribution in [-0.2, 0) is 4.74 Å². The van der Waals surface area contributed by atoms with E-state index in [0.717, 1.165) is 28.5 Å². The molecule has 0 saturated carbocycles. The number of carbonyl (C=O) groups is 1. The molecule has 7 heteroatoms. The van der Waals surface area contributed by atoms with Crippen LogP contribution < -0.4 is 10.6 Å². The number of hydrogen-bond acceptors (Lipinski definition) is 6. The SMILES string of the molecule is CSc1nc2ccc(NCCCNC(=O)OC(C)(C)C)cc2s1. The van der Waals surface area contributed by atoms with Crippen molar-refractivity contribution >= 4 is 45.1 Å². The Labute approximate surface area is 145 Å². The number of ether oxygens (including phenoxy) is 1. The van der Waals surface area contributed by atoms with Gasteiger partial charge in [0, 0.05) is 18.8 Å². The van der Waals surface area contributed by atoms with Crippen molar-refractivity contribution in [3.8, 4) is 0 Å². The molecule has 0 aliphatic rings. The predicted molar refractivity (Wildman–Crippen MR) is 98.7 cm³/mol. The van der Waals surface area contributed by atoms with Crippen LogP contribution in [0.5, 0.6) is 0 Å². The van der Waals surface area contributed by atoms with Crippen LogP contribution in [0.15, 0.2) is 22.5 Å². The van der Waals surface area contributed by atoms with Gasteiger partial charge in [0.2, 0.25) is 0 Å². The Morgan fingerprint density at radius 1 is 1.35 bits per heavy atom. The van der Waals surface area contributed by atoms with Gasteiger partial charge >= 0.3 is 6.09 Å². The van der Waals surface area contributed by atoms with Crippen LogP contribution in [0.4, 0.5) is 10.5 Å². The number of rotatable bonds is 6. The van der Waals surface area contributed by atoms with Crippen molar-refractivity contribution in [3.05, 3.63) is 18.2 Å². The number of anilines is 1. The molecule has 2 N–H and O–H groups in total. The van der Waals surface area contributed by atoms with Gasteiger partial charge in [0.15, 0.2) is 4.34 Å². The van der Waals surface area contributed by atoms with Gasteiger partial charge in [0.05, 0.1) is 10.2 Å². The Morgan fingerprint density at radius 3 is 2.83 bits per heavy atom. The lowest BCUT2D eigenvalue weighted by atomic mass is 10.2. The van der Waals surface area contributed by atoms with Gasteiger partial charge in [0.1, 0.15) is 5.60 Å². The quantitative estimate of drug-likeness (QED) is 0.597. The first-order chi connectivity index (χ1) is 10.9. The number of benzene rings is 1. The molecule has 2 rings (SSSR count). The number of amides is 1. The fraction of sp³-hybridized carbons (Fsp3) is 0.500. The number of thioether (sulfide) groups is 1. The number of alkyl carbamates (subject to hydrolysis) is 1. The van der Waals surface area contributed by atoms with E-state index in [2.05, 4.69) is 21.7 Å². The highest BCUT2D eigenvalue weighted by atomic mass is 32.2. The second kappa shape index (κ2) is 7.88. The number of nitrogens with one attached hydrogen (secondary N) is 2. The molecule has 1 aromatic heterocycles. The molecule has 0 saturated heterocycles. The summed E-state index contributed by atoms with van der Waals surface area (Å²) in [6.45, 7) is 6.93. The lowest BCUT2D eigenvalue weighted by molar-refractivity contribution is 0.0528. The third-order valence-electron chi connectivity index (χ3n) is 2.89. The third-order valence-corrected chi connectivity index (χ3v) is 4.90. The van der Waals surface area contributed by atoms with Gasteiger partial charge in [-0.2, -0.15) is 0 Å².